The molecule has 0 bridgehead atoms. The van der Waals surface area contributed by atoms with Crippen molar-refractivity contribution >= 4 is 11.9 Å². The summed E-state index contributed by atoms with van der Waals surface area (Å²) >= 11 is 0. The number of rotatable bonds is 4. The molecule has 0 aliphatic heterocycles. The highest BCUT2D eigenvalue weighted by molar-refractivity contribution is 5.81. The van der Waals surface area contributed by atoms with Crippen LogP contribution in [0.15, 0.2) is 0 Å². The minimum absolute atomic E-state index is 0.0968. The van der Waals surface area contributed by atoms with Crippen molar-refractivity contribution in [3.8, 4) is 6.07 Å². The van der Waals surface area contributed by atoms with Crippen molar-refractivity contribution in [2.24, 2.45) is 0 Å². The quantitative estimate of drug-likeness (QED) is 0.656. The number of carbonyl (C=O) groups is 2. The maximum Gasteiger partial charge on any atom is 0.303 e. The van der Waals surface area contributed by atoms with Gasteiger partial charge in [-0.25, -0.2) is 0 Å². The first-order valence-electron chi connectivity index (χ1n) is 3.81. The molecule has 0 fully saturated rings. The van der Waals surface area contributed by atoms with Gasteiger partial charge in [0.15, 0.2) is 0 Å². The van der Waals surface area contributed by atoms with E-state index in [2.05, 4.69) is 5.32 Å². The molecule has 5 heteroatoms. The van der Waals surface area contributed by atoms with E-state index in [0.717, 1.165) is 0 Å². The third-order valence-corrected chi connectivity index (χ3v) is 1.30. The number of carboxylic acid groups (broad SMARTS) is 1. The average molecular weight is 184 g/mol. The normalized spacial score (nSPS) is 10.2. The van der Waals surface area contributed by atoms with E-state index in [1.165, 1.54) is 0 Å². The molecule has 2 N–H and O–H groups in total. The molecule has 5 nitrogen and oxygen atoms in total. The number of hydrogen-bond acceptors (Lipinski definition) is 3. The largest absolute Gasteiger partial charge is 0.481 e. The zero-order chi connectivity index (χ0) is 10.5. The third kappa shape index (κ3) is 5.67. The van der Waals surface area contributed by atoms with Crippen LogP contribution in [-0.4, -0.2) is 22.5 Å². The molecule has 0 heterocycles. The second-order valence-electron chi connectivity index (χ2n) is 3.18. The molecule has 1 amide bonds. The van der Waals surface area contributed by atoms with Crippen molar-refractivity contribution in [1.82, 2.24) is 5.32 Å². The summed E-state index contributed by atoms with van der Waals surface area (Å²) in [7, 11) is 0. The van der Waals surface area contributed by atoms with E-state index < -0.39 is 17.4 Å². The van der Waals surface area contributed by atoms with Gasteiger partial charge in [0.1, 0.15) is 5.54 Å². The van der Waals surface area contributed by atoms with Gasteiger partial charge in [0.25, 0.3) is 0 Å². The van der Waals surface area contributed by atoms with Crippen molar-refractivity contribution in [3.05, 3.63) is 0 Å². The topological polar surface area (TPSA) is 90.2 Å². The molecule has 72 valence electrons. The van der Waals surface area contributed by atoms with Gasteiger partial charge < -0.3 is 10.4 Å². The van der Waals surface area contributed by atoms with Crippen LogP contribution in [0.4, 0.5) is 0 Å². The summed E-state index contributed by atoms with van der Waals surface area (Å²) in [5, 5.41) is 19.2. The highest BCUT2D eigenvalue weighted by Gasteiger charge is 2.19. The standard InChI is InChI=1S/C8H12N2O3/c1-8(2,5-9)10-6(11)3-4-7(12)13/h3-4H2,1-2H3,(H,10,11)(H,12,13). The van der Waals surface area contributed by atoms with E-state index >= 15 is 0 Å². The molecule has 0 spiro atoms. The fourth-order valence-electron chi connectivity index (χ4n) is 0.659. The van der Waals surface area contributed by atoms with E-state index in [9.17, 15) is 9.59 Å². The van der Waals surface area contributed by atoms with Crippen LogP contribution in [0, 0.1) is 11.3 Å². The summed E-state index contributed by atoms with van der Waals surface area (Å²) in [5.41, 5.74) is -0.935. The lowest BCUT2D eigenvalue weighted by Gasteiger charge is -2.16. The Labute approximate surface area is 76.4 Å². The van der Waals surface area contributed by atoms with E-state index in [0.29, 0.717) is 0 Å². The molecular formula is C8H12N2O3. The Morgan fingerprint density at radius 2 is 2.00 bits per heavy atom. The van der Waals surface area contributed by atoms with Gasteiger partial charge in [0.2, 0.25) is 5.91 Å². The molecule has 0 atom stereocenters. The number of aliphatic carboxylic acids is 1. The second kappa shape index (κ2) is 4.45. The maximum atomic E-state index is 11.0. The Balaban J connectivity index is 3.90. The smallest absolute Gasteiger partial charge is 0.303 e. The Morgan fingerprint density at radius 1 is 1.46 bits per heavy atom. The van der Waals surface area contributed by atoms with E-state index in [1.807, 2.05) is 6.07 Å². The zero-order valence-electron chi connectivity index (χ0n) is 7.63. The van der Waals surface area contributed by atoms with Crippen LogP contribution in [0.25, 0.3) is 0 Å². The minimum atomic E-state index is -1.02. The summed E-state index contributed by atoms with van der Waals surface area (Å²) in [6.45, 7) is 3.09. The molecular weight excluding hydrogens is 172 g/mol. The van der Waals surface area contributed by atoms with Crippen LogP contribution in [0.1, 0.15) is 26.7 Å². The van der Waals surface area contributed by atoms with Gasteiger partial charge in [0, 0.05) is 6.42 Å². The van der Waals surface area contributed by atoms with E-state index in [-0.39, 0.29) is 12.8 Å². The first-order valence-corrected chi connectivity index (χ1v) is 3.81. The van der Waals surface area contributed by atoms with Gasteiger partial charge in [-0.2, -0.15) is 5.26 Å². The molecule has 0 saturated carbocycles. The molecule has 13 heavy (non-hydrogen) atoms. The van der Waals surface area contributed by atoms with Crippen molar-refractivity contribution in [3.63, 3.8) is 0 Å². The molecule has 0 aromatic rings. The Bertz CT molecular complexity index is 253. The number of nitrogens with zero attached hydrogens (tertiary/aromatic N) is 1. The number of hydrogen-bond donors (Lipinski definition) is 2. The summed E-state index contributed by atoms with van der Waals surface area (Å²) in [5.74, 6) is -1.45. The molecule has 0 aliphatic rings. The van der Waals surface area contributed by atoms with Gasteiger partial charge in [-0.05, 0) is 13.8 Å². The van der Waals surface area contributed by atoms with Gasteiger partial charge in [-0.15, -0.1) is 0 Å². The summed E-state index contributed by atoms with van der Waals surface area (Å²) in [6.07, 6.45) is -0.312. The molecule has 0 aliphatic carbocycles. The maximum absolute atomic E-state index is 11.0. The summed E-state index contributed by atoms with van der Waals surface area (Å²) in [6, 6.07) is 1.88. The summed E-state index contributed by atoms with van der Waals surface area (Å²) < 4.78 is 0. The highest BCUT2D eigenvalue weighted by Crippen LogP contribution is 2.00. The fourth-order valence-corrected chi connectivity index (χ4v) is 0.659. The number of carboxylic acids is 1. The highest BCUT2D eigenvalue weighted by atomic mass is 16.4. The molecule has 0 radical (unpaired) electrons. The average Bonchev–Trinajstić information content (AvgIpc) is 2.00. The van der Waals surface area contributed by atoms with E-state index in [1.54, 1.807) is 13.8 Å². The zero-order valence-corrected chi connectivity index (χ0v) is 7.63. The van der Waals surface area contributed by atoms with Crippen LogP contribution in [0.3, 0.4) is 0 Å². The van der Waals surface area contributed by atoms with Crippen molar-refractivity contribution in [2.45, 2.75) is 32.2 Å². The Morgan fingerprint density at radius 3 is 2.38 bits per heavy atom. The molecule has 0 saturated heterocycles. The van der Waals surface area contributed by atoms with E-state index in [4.69, 9.17) is 10.4 Å². The molecule has 0 rings (SSSR count). The van der Waals surface area contributed by atoms with Gasteiger partial charge in [-0.3, -0.25) is 9.59 Å². The number of nitriles is 1. The molecule has 0 aromatic heterocycles. The Hall–Kier alpha value is -1.57. The lowest BCUT2D eigenvalue weighted by molar-refractivity contribution is -0.139. The molecule has 0 aromatic carbocycles. The fraction of sp³-hybridized carbons (Fsp3) is 0.625. The number of nitrogens with one attached hydrogen (secondary N) is 1. The lowest BCUT2D eigenvalue weighted by Crippen LogP contribution is -2.42. The lowest BCUT2D eigenvalue weighted by atomic mass is 10.1. The van der Waals surface area contributed by atoms with Gasteiger partial charge in [0.05, 0.1) is 12.5 Å². The third-order valence-electron chi connectivity index (χ3n) is 1.30. The van der Waals surface area contributed by atoms with Gasteiger partial charge >= 0.3 is 5.97 Å². The summed E-state index contributed by atoms with van der Waals surface area (Å²) in [4.78, 5) is 21.1. The first-order chi connectivity index (χ1) is 5.87. The van der Waals surface area contributed by atoms with Crippen molar-refractivity contribution < 1.29 is 14.7 Å². The first kappa shape index (κ1) is 11.4. The SMILES string of the molecule is CC(C)(C#N)NC(=O)CCC(=O)O. The van der Waals surface area contributed by atoms with Crippen LogP contribution in [0.2, 0.25) is 0 Å². The second-order valence-corrected chi connectivity index (χ2v) is 3.18. The van der Waals surface area contributed by atoms with Crippen molar-refractivity contribution in [1.29, 1.82) is 5.26 Å². The monoisotopic (exact) mass is 184 g/mol. The minimum Gasteiger partial charge on any atom is -0.481 e. The van der Waals surface area contributed by atoms with Crippen LogP contribution in [0.5, 0.6) is 0 Å². The number of carbonyl (C=O) groups excluding carboxylic acids is 1. The predicted octanol–water partition coefficient (Wildman–Crippen LogP) is 0.270. The van der Waals surface area contributed by atoms with Crippen LogP contribution >= 0.6 is 0 Å². The molecule has 0 unspecified atom stereocenters. The Kier molecular flexibility index (Phi) is 3.92. The van der Waals surface area contributed by atoms with Crippen LogP contribution in [-0.2, 0) is 9.59 Å². The predicted molar refractivity (Wildman–Crippen MR) is 44.7 cm³/mol. The number of amides is 1. The van der Waals surface area contributed by atoms with Crippen LogP contribution < -0.4 is 5.32 Å². The van der Waals surface area contributed by atoms with Crippen molar-refractivity contribution in [2.75, 3.05) is 0 Å². The van der Waals surface area contributed by atoms with Gasteiger partial charge in [-0.1, -0.05) is 0 Å².